The van der Waals surface area contributed by atoms with Gasteiger partial charge in [-0.25, -0.2) is 8.42 Å². The van der Waals surface area contributed by atoms with Crippen LogP contribution in [0.5, 0.6) is 0 Å². The van der Waals surface area contributed by atoms with Crippen molar-refractivity contribution in [3.8, 4) is 0 Å². The van der Waals surface area contributed by atoms with Crippen LogP contribution in [0, 0.1) is 12.8 Å². The van der Waals surface area contributed by atoms with E-state index in [4.69, 9.17) is 5.73 Å². The van der Waals surface area contributed by atoms with Crippen molar-refractivity contribution in [1.29, 1.82) is 0 Å². The van der Waals surface area contributed by atoms with Crippen molar-refractivity contribution < 1.29 is 13.2 Å². The van der Waals surface area contributed by atoms with Crippen LogP contribution in [0.25, 0.3) is 0 Å². The molecule has 3 N–H and O–H groups in total. The van der Waals surface area contributed by atoms with Crippen molar-refractivity contribution in [2.45, 2.75) is 18.2 Å². The van der Waals surface area contributed by atoms with Gasteiger partial charge in [0.05, 0.1) is 10.6 Å². The molecule has 3 rings (SSSR count). The first-order chi connectivity index (χ1) is 12.4. The number of carbonyl (C=O) groups is 1. The predicted octanol–water partition coefficient (Wildman–Crippen LogP) is 2.22. The second-order valence-electron chi connectivity index (χ2n) is 6.59. The Balaban J connectivity index is 1.74. The first kappa shape index (κ1) is 18.4. The van der Waals surface area contributed by atoms with E-state index in [-0.39, 0.29) is 10.8 Å². The van der Waals surface area contributed by atoms with E-state index >= 15 is 0 Å². The lowest BCUT2D eigenvalue weighted by Crippen LogP contribution is -2.29. The summed E-state index contributed by atoms with van der Waals surface area (Å²) in [4.78, 5) is 14.4. The molecule has 0 aromatic heterocycles. The second kappa shape index (κ2) is 7.47. The number of hydrogen-bond acceptors (Lipinski definition) is 4. The Morgan fingerprint density at radius 1 is 1.19 bits per heavy atom. The largest absolute Gasteiger partial charge is 0.338 e. The minimum atomic E-state index is -3.70. The van der Waals surface area contributed by atoms with Gasteiger partial charge in [0.15, 0.2) is 0 Å². The summed E-state index contributed by atoms with van der Waals surface area (Å²) in [7, 11) is -3.70. The molecule has 1 heterocycles. The average molecular weight is 373 g/mol. The molecule has 0 bridgehead atoms. The number of rotatable bonds is 5. The number of sulfonamides is 1. The first-order valence-corrected chi connectivity index (χ1v) is 10.1. The number of para-hydroxylation sites is 1. The fourth-order valence-corrected chi connectivity index (χ4v) is 4.19. The summed E-state index contributed by atoms with van der Waals surface area (Å²) in [5.74, 6) is 0.258. The van der Waals surface area contributed by atoms with Crippen LogP contribution in [-0.2, 0) is 10.0 Å². The lowest BCUT2D eigenvalue weighted by Gasteiger charge is -2.16. The molecule has 1 atom stereocenters. The van der Waals surface area contributed by atoms with Gasteiger partial charge >= 0.3 is 0 Å². The molecular formula is C19H23N3O3S. The molecule has 1 saturated heterocycles. The normalized spacial score (nSPS) is 17.3. The third-order valence-electron chi connectivity index (χ3n) is 4.71. The van der Waals surface area contributed by atoms with E-state index in [1.807, 2.05) is 19.1 Å². The van der Waals surface area contributed by atoms with Gasteiger partial charge in [-0.2, -0.15) is 0 Å². The number of likely N-dealkylation sites (tertiary alicyclic amines) is 1. The fraction of sp³-hybridized carbons (Fsp3) is 0.316. The molecule has 1 fully saturated rings. The van der Waals surface area contributed by atoms with Gasteiger partial charge in [-0.15, -0.1) is 0 Å². The number of benzene rings is 2. The molecular weight excluding hydrogens is 350 g/mol. The Kier molecular flexibility index (Phi) is 5.29. The van der Waals surface area contributed by atoms with Crippen molar-refractivity contribution in [2.24, 2.45) is 11.7 Å². The van der Waals surface area contributed by atoms with E-state index in [1.54, 1.807) is 29.2 Å². The second-order valence-corrected chi connectivity index (χ2v) is 8.27. The zero-order valence-corrected chi connectivity index (χ0v) is 15.5. The van der Waals surface area contributed by atoms with Crippen molar-refractivity contribution in [1.82, 2.24) is 4.90 Å². The number of hydrogen-bond donors (Lipinski definition) is 2. The molecule has 1 unspecified atom stereocenters. The predicted molar refractivity (Wildman–Crippen MR) is 101 cm³/mol. The van der Waals surface area contributed by atoms with E-state index in [0.29, 0.717) is 36.8 Å². The molecule has 1 amide bonds. The van der Waals surface area contributed by atoms with Crippen molar-refractivity contribution in [3.63, 3.8) is 0 Å². The Morgan fingerprint density at radius 2 is 1.88 bits per heavy atom. The maximum Gasteiger partial charge on any atom is 0.261 e. The van der Waals surface area contributed by atoms with Crippen LogP contribution in [0.2, 0.25) is 0 Å². The van der Waals surface area contributed by atoms with Crippen LogP contribution in [0.15, 0.2) is 53.4 Å². The maximum atomic E-state index is 12.6. The van der Waals surface area contributed by atoms with E-state index in [0.717, 1.165) is 12.0 Å². The number of nitrogens with zero attached hydrogens (tertiary/aromatic N) is 1. The monoisotopic (exact) mass is 373 g/mol. The Morgan fingerprint density at radius 3 is 2.50 bits per heavy atom. The molecule has 7 heteroatoms. The highest BCUT2D eigenvalue weighted by Crippen LogP contribution is 2.21. The molecule has 0 spiro atoms. The number of carbonyl (C=O) groups excluding carboxylic acids is 1. The Labute approximate surface area is 154 Å². The van der Waals surface area contributed by atoms with Gasteiger partial charge in [-0.3, -0.25) is 9.52 Å². The molecule has 26 heavy (non-hydrogen) atoms. The third-order valence-corrected chi connectivity index (χ3v) is 6.09. The van der Waals surface area contributed by atoms with E-state index in [1.165, 1.54) is 12.1 Å². The number of anilines is 1. The van der Waals surface area contributed by atoms with Crippen LogP contribution < -0.4 is 10.5 Å². The minimum Gasteiger partial charge on any atom is -0.338 e. The van der Waals surface area contributed by atoms with Crippen molar-refractivity contribution in [2.75, 3.05) is 24.4 Å². The molecule has 0 saturated carbocycles. The molecule has 2 aromatic rings. The molecule has 138 valence electrons. The highest BCUT2D eigenvalue weighted by Gasteiger charge is 2.26. The molecule has 0 aliphatic carbocycles. The van der Waals surface area contributed by atoms with Crippen molar-refractivity contribution >= 4 is 21.6 Å². The molecule has 6 nitrogen and oxygen atoms in total. The summed E-state index contributed by atoms with van der Waals surface area (Å²) >= 11 is 0. The molecule has 0 radical (unpaired) electrons. The highest BCUT2D eigenvalue weighted by molar-refractivity contribution is 7.92. The standard InChI is InChI=1S/C19H23N3O3S/c1-14-4-2-3-5-18(14)21-26(24,25)17-8-6-16(7-9-17)19(23)22-11-10-15(12-20)13-22/h2-9,15,21H,10-13,20H2,1H3. The van der Waals surface area contributed by atoms with Crippen LogP contribution in [0.4, 0.5) is 5.69 Å². The first-order valence-electron chi connectivity index (χ1n) is 8.58. The van der Waals surface area contributed by atoms with Gasteiger partial charge in [0.1, 0.15) is 0 Å². The zero-order chi connectivity index (χ0) is 18.7. The zero-order valence-electron chi connectivity index (χ0n) is 14.7. The van der Waals surface area contributed by atoms with E-state index in [2.05, 4.69) is 4.72 Å². The quantitative estimate of drug-likeness (QED) is 0.840. The van der Waals surface area contributed by atoms with Crippen molar-refractivity contribution in [3.05, 3.63) is 59.7 Å². The van der Waals surface area contributed by atoms with Gasteiger partial charge in [0.25, 0.3) is 15.9 Å². The minimum absolute atomic E-state index is 0.0863. The molecule has 1 aliphatic heterocycles. The Bertz CT molecular complexity index is 895. The summed E-state index contributed by atoms with van der Waals surface area (Å²) < 4.78 is 27.7. The van der Waals surface area contributed by atoms with Crippen LogP contribution in [0.3, 0.4) is 0 Å². The van der Waals surface area contributed by atoms with Gasteiger partial charge in [0.2, 0.25) is 0 Å². The number of nitrogens with one attached hydrogen (secondary N) is 1. The van der Waals surface area contributed by atoms with E-state index < -0.39 is 10.0 Å². The SMILES string of the molecule is Cc1ccccc1NS(=O)(=O)c1ccc(C(=O)N2CCC(CN)C2)cc1. The van der Waals surface area contributed by atoms with Gasteiger partial charge in [0, 0.05) is 18.7 Å². The number of aryl methyl sites for hydroxylation is 1. The lowest BCUT2D eigenvalue weighted by atomic mass is 10.1. The van der Waals surface area contributed by atoms with Crippen LogP contribution in [-0.4, -0.2) is 38.9 Å². The summed E-state index contributed by atoms with van der Waals surface area (Å²) in [5.41, 5.74) is 7.53. The average Bonchev–Trinajstić information content (AvgIpc) is 3.12. The smallest absolute Gasteiger partial charge is 0.261 e. The number of amides is 1. The summed E-state index contributed by atoms with van der Waals surface area (Å²) in [6.07, 6.45) is 0.912. The summed E-state index contributed by atoms with van der Waals surface area (Å²) in [5, 5.41) is 0. The van der Waals surface area contributed by atoms with Crippen LogP contribution in [0.1, 0.15) is 22.3 Å². The molecule has 2 aromatic carbocycles. The topological polar surface area (TPSA) is 92.5 Å². The van der Waals surface area contributed by atoms with E-state index in [9.17, 15) is 13.2 Å². The van der Waals surface area contributed by atoms with Gasteiger partial charge < -0.3 is 10.6 Å². The number of nitrogens with two attached hydrogens (primary N) is 1. The Hall–Kier alpha value is -2.38. The third kappa shape index (κ3) is 3.89. The van der Waals surface area contributed by atoms with Crippen LogP contribution >= 0.6 is 0 Å². The fourth-order valence-electron chi connectivity index (χ4n) is 3.06. The summed E-state index contributed by atoms with van der Waals surface area (Å²) in [6, 6.07) is 13.2. The molecule has 1 aliphatic rings. The van der Waals surface area contributed by atoms with Gasteiger partial charge in [-0.1, -0.05) is 18.2 Å². The lowest BCUT2D eigenvalue weighted by molar-refractivity contribution is 0.0787. The van der Waals surface area contributed by atoms with Gasteiger partial charge in [-0.05, 0) is 61.7 Å². The summed E-state index contributed by atoms with van der Waals surface area (Å²) in [6.45, 7) is 3.76. The maximum absolute atomic E-state index is 12.6. The highest BCUT2D eigenvalue weighted by atomic mass is 32.2.